The van der Waals surface area contributed by atoms with Crippen molar-refractivity contribution in [3.05, 3.63) is 52.7 Å². The largest absolute Gasteiger partial charge is 0.352 e. The number of anilines is 2. The standard InChI is InChI=1S/C21H28ClN3O/c1-5-15(6-2)12-24-21(26)19-13-23-20(11-18(19)14(3)4)25-17-9-7-8-16(22)10-17/h7-11,13-15H,5-6,12H2,1-4H3,(H,23,25)(H,24,26). The molecule has 0 fully saturated rings. The van der Waals surface area contributed by atoms with E-state index in [0.717, 1.165) is 24.1 Å². The summed E-state index contributed by atoms with van der Waals surface area (Å²) in [6, 6.07) is 9.42. The van der Waals surface area contributed by atoms with Crippen molar-refractivity contribution in [3.63, 3.8) is 0 Å². The molecule has 2 N–H and O–H groups in total. The lowest BCUT2D eigenvalue weighted by Gasteiger charge is -2.17. The van der Waals surface area contributed by atoms with Crippen molar-refractivity contribution in [2.45, 2.75) is 46.5 Å². The fourth-order valence-electron chi connectivity index (χ4n) is 2.83. The zero-order valence-electron chi connectivity index (χ0n) is 16.0. The normalized spacial score (nSPS) is 11.0. The first-order chi connectivity index (χ1) is 12.4. The van der Waals surface area contributed by atoms with Gasteiger partial charge in [0.1, 0.15) is 5.82 Å². The molecule has 5 heteroatoms. The van der Waals surface area contributed by atoms with E-state index in [1.165, 1.54) is 0 Å². The highest BCUT2D eigenvalue weighted by Gasteiger charge is 2.16. The third kappa shape index (κ3) is 5.46. The van der Waals surface area contributed by atoms with E-state index >= 15 is 0 Å². The number of rotatable bonds is 8. The smallest absolute Gasteiger partial charge is 0.253 e. The third-order valence-electron chi connectivity index (χ3n) is 4.61. The molecule has 0 unspecified atom stereocenters. The van der Waals surface area contributed by atoms with E-state index in [1.807, 2.05) is 30.3 Å². The zero-order valence-corrected chi connectivity index (χ0v) is 16.7. The van der Waals surface area contributed by atoms with Crippen molar-refractivity contribution in [2.24, 2.45) is 5.92 Å². The number of nitrogens with zero attached hydrogens (tertiary/aromatic N) is 1. The van der Waals surface area contributed by atoms with E-state index in [1.54, 1.807) is 6.20 Å². The van der Waals surface area contributed by atoms with Gasteiger partial charge in [-0.15, -0.1) is 0 Å². The van der Waals surface area contributed by atoms with Crippen molar-refractivity contribution in [1.29, 1.82) is 0 Å². The monoisotopic (exact) mass is 373 g/mol. The number of hydrogen-bond donors (Lipinski definition) is 2. The van der Waals surface area contributed by atoms with Crippen molar-refractivity contribution in [1.82, 2.24) is 10.3 Å². The Hall–Kier alpha value is -2.07. The van der Waals surface area contributed by atoms with Crippen LogP contribution in [0.5, 0.6) is 0 Å². The predicted molar refractivity (Wildman–Crippen MR) is 109 cm³/mol. The van der Waals surface area contributed by atoms with Crippen LogP contribution >= 0.6 is 11.6 Å². The highest BCUT2D eigenvalue weighted by molar-refractivity contribution is 6.30. The molecule has 26 heavy (non-hydrogen) atoms. The second-order valence-electron chi connectivity index (χ2n) is 6.84. The van der Waals surface area contributed by atoms with Crippen LogP contribution in [0, 0.1) is 5.92 Å². The maximum atomic E-state index is 12.6. The molecule has 1 amide bonds. The van der Waals surface area contributed by atoms with E-state index in [4.69, 9.17) is 11.6 Å². The fourth-order valence-corrected chi connectivity index (χ4v) is 3.02. The quantitative estimate of drug-likeness (QED) is 0.617. The van der Waals surface area contributed by atoms with Crippen molar-refractivity contribution >= 4 is 29.0 Å². The number of aromatic nitrogens is 1. The minimum absolute atomic E-state index is 0.0533. The zero-order chi connectivity index (χ0) is 19.1. The Bertz CT molecular complexity index is 742. The van der Waals surface area contributed by atoms with Crippen LogP contribution in [-0.2, 0) is 0 Å². The lowest BCUT2D eigenvalue weighted by atomic mass is 9.98. The topological polar surface area (TPSA) is 54.0 Å². The van der Waals surface area contributed by atoms with Crippen molar-refractivity contribution in [2.75, 3.05) is 11.9 Å². The Balaban J connectivity index is 2.18. The van der Waals surface area contributed by atoms with Gasteiger partial charge in [0.2, 0.25) is 0 Å². The van der Waals surface area contributed by atoms with Crippen LogP contribution in [-0.4, -0.2) is 17.4 Å². The first-order valence-electron chi connectivity index (χ1n) is 9.25. The Morgan fingerprint density at radius 2 is 1.92 bits per heavy atom. The summed E-state index contributed by atoms with van der Waals surface area (Å²) in [4.78, 5) is 17.1. The van der Waals surface area contributed by atoms with Gasteiger partial charge in [-0.25, -0.2) is 4.98 Å². The van der Waals surface area contributed by atoms with Crippen molar-refractivity contribution < 1.29 is 4.79 Å². The molecule has 0 saturated heterocycles. The number of benzene rings is 1. The van der Waals surface area contributed by atoms with Gasteiger partial charge in [-0.05, 0) is 41.7 Å². The highest BCUT2D eigenvalue weighted by atomic mass is 35.5. The Morgan fingerprint density at radius 3 is 2.54 bits per heavy atom. The van der Waals surface area contributed by atoms with Gasteiger partial charge >= 0.3 is 0 Å². The minimum atomic E-state index is -0.0533. The summed E-state index contributed by atoms with van der Waals surface area (Å²) < 4.78 is 0. The molecular weight excluding hydrogens is 346 g/mol. The maximum absolute atomic E-state index is 12.6. The summed E-state index contributed by atoms with van der Waals surface area (Å²) in [6.45, 7) is 9.16. The molecule has 0 atom stereocenters. The van der Waals surface area contributed by atoms with Gasteiger partial charge in [0.05, 0.1) is 5.56 Å². The number of amides is 1. The molecule has 0 aliphatic heterocycles. The summed E-state index contributed by atoms with van der Waals surface area (Å²) in [7, 11) is 0. The summed E-state index contributed by atoms with van der Waals surface area (Å²) in [5.41, 5.74) is 2.49. The molecule has 1 aromatic heterocycles. The number of carbonyl (C=O) groups is 1. The van der Waals surface area contributed by atoms with E-state index < -0.39 is 0 Å². The van der Waals surface area contributed by atoms with Crippen LogP contribution in [0.2, 0.25) is 5.02 Å². The van der Waals surface area contributed by atoms with E-state index in [9.17, 15) is 4.79 Å². The summed E-state index contributed by atoms with van der Waals surface area (Å²) in [5, 5.41) is 6.97. The molecule has 1 heterocycles. The first-order valence-corrected chi connectivity index (χ1v) is 9.63. The molecule has 0 aliphatic carbocycles. The van der Waals surface area contributed by atoms with Gasteiger partial charge in [0.25, 0.3) is 5.91 Å². The second-order valence-corrected chi connectivity index (χ2v) is 7.28. The van der Waals surface area contributed by atoms with E-state index in [2.05, 4.69) is 43.3 Å². The van der Waals surface area contributed by atoms with Gasteiger partial charge < -0.3 is 10.6 Å². The van der Waals surface area contributed by atoms with Crippen LogP contribution < -0.4 is 10.6 Å². The van der Waals surface area contributed by atoms with Gasteiger partial charge in [-0.2, -0.15) is 0 Å². The molecule has 0 saturated carbocycles. The molecule has 0 bridgehead atoms. The van der Waals surface area contributed by atoms with Crippen molar-refractivity contribution in [3.8, 4) is 0 Å². The molecule has 2 rings (SSSR count). The molecule has 140 valence electrons. The minimum Gasteiger partial charge on any atom is -0.352 e. The lowest BCUT2D eigenvalue weighted by molar-refractivity contribution is 0.0945. The van der Waals surface area contributed by atoms with Gasteiger partial charge in [-0.3, -0.25) is 4.79 Å². The van der Waals surface area contributed by atoms with Crippen LogP contribution in [0.4, 0.5) is 11.5 Å². The molecular formula is C21H28ClN3O. The summed E-state index contributed by atoms with van der Waals surface area (Å²) in [5.74, 6) is 1.37. The molecule has 1 aromatic carbocycles. The van der Waals surface area contributed by atoms with Crippen LogP contribution in [0.3, 0.4) is 0 Å². The lowest BCUT2D eigenvalue weighted by Crippen LogP contribution is -2.30. The molecule has 2 aromatic rings. The fraction of sp³-hybridized carbons (Fsp3) is 0.429. The number of carbonyl (C=O) groups excluding carboxylic acids is 1. The van der Waals surface area contributed by atoms with E-state index in [-0.39, 0.29) is 11.8 Å². The average molecular weight is 374 g/mol. The van der Waals surface area contributed by atoms with Crippen LogP contribution in [0.25, 0.3) is 0 Å². The molecule has 4 nitrogen and oxygen atoms in total. The maximum Gasteiger partial charge on any atom is 0.253 e. The number of hydrogen-bond acceptors (Lipinski definition) is 3. The Kier molecular flexibility index (Phi) is 7.46. The Morgan fingerprint density at radius 1 is 1.19 bits per heavy atom. The molecule has 0 radical (unpaired) electrons. The SMILES string of the molecule is CCC(CC)CNC(=O)c1cnc(Nc2cccc(Cl)c2)cc1C(C)C. The van der Waals surface area contributed by atoms with Gasteiger partial charge in [-0.1, -0.05) is 58.2 Å². The summed E-state index contributed by atoms with van der Waals surface area (Å²) in [6.07, 6.45) is 3.79. The highest BCUT2D eigenvalue weighted by Crippen LogP contribution is 2.25. The number of pyridine rings is 1. The molecule has 0 aliphatic rings. The third-order valence-corrected chi connectivity index (χ3v) is 4.84. The summed E-state index contributed by atoms with van der Waals surface area (Å²) >= 11 is 6.03. The van der Waals surface area contributed by atoms with Gasteiger partial charge in [0, 0.05) is 23.5 Å². The number of nitrogens with one attached hydrogen (secondary N) is 2. The number of halogens is 1. The Labute approximate surface area is 161 Å². The average Bonchev–Trinajstić information content (AvgIpc) is 2.62. The molecule has 0 spiro atoms. The first kappa shape index (κ1) is 20.2. The van der Waals surface area contributed by atoms with Gasteiger partial charge in [0.15, 0.2) is 0 Å². The van der Waals surface area contributed by atoms with Crippen LogP contribution in [0.1, 0.15) is 62.4 Å². The second kappa shape index (κ2) is 9.58. The van der Waals surface area contributed by atoms with E-state index in [0.29, 0.717) is 28.9 Å². The predicted octanol–water partition coefficient (Wildman–Crippen LogP) is 5.77. The van der Waals surface area contributed by atoms with Crippen LogP contribution in [0.15, 0.2) is 36.5 Å².